The van der Waals surface area contributed by atoms with Crippen LogP contribution in [0.2, 0.25) is 0 Å². The standard InChI is InChI=1S/C14H14O2.C2H6/c1-10-6-7-14(16-2)13(8-10)11-4-3-5-12(15)9-11;1-2/h3-9,15H,1-2H3;1-2H3. The molecule has 0 saturated heterocycles. The third-order valence-corrected chi connectivity index (χ3v) is 2.51. The fourth-order valence-electron chi connectivity index (χ4n) is 1.72. The van der Waals surface area contributed by atoms with Crippen molar-refractivity contribution in [3.63, 3.8) is 0 Å². The van der Waals surface area contributed by atoms with Gasteiger partial charge in [0.15, 0.2) is 0 Å². The molecule has 0 spiro atoms. The first-order valence-electron chi connectivity index (χ1n) is 6.15. The highest BCUT2D eigenvalue weighted by molar-refractivity contribution is 5.72. The second kappa shape index (κ2) is 6.70. The quantitative estimate of drug-likeness (QED) is 0.848. The number of ether oxygens (including phenoxy) is 1. The summed E-state index contributed by atoms with van der Waals surface area (Å²) in [5, 5.41) is 9.47. The molecule has 2 rings (SSSR count). The molecule has 0 aliphatic rings. The highest BCUT2D eigenvalue weighted by atomic mass is 16.5. The van der Waals surface area contributed by atoms with Gasteiger partial charge in [-0.1, -0.05) is 37.6 Å². The SMILES string of the molecule is CC.COc1ccc(C)cc1-c1cccc(O)c1. The molecule has 2 nitrogen and oxygen atoms in total. The Bertz CT molecular complexity index is 504. The molecule has 1 N–H and O–H groups in total. The van der Waals surface area contributed by atoms with Gasteiger partial charge in [-0.25, -0.2) is 0 Å². The molecule has 0 saturated carbocycles. The van der Waals surface area contributed by atoms with Gasteiger partial charge >= 0.3 is 0 Å². The van der Waals surface area contributed by atoms with Gasteiger partial charge in [-0.15, -0.1) is 0 Å². The molecule has 0 unspecified atom stereocenters. The van der Waals surface area contributed by atoms with Crippen molar-refractivity contribution in [1.82, 2.24) is 0 Å². The van der Waals surface area contributed by atoms with E-state index in [9.17, 15) is 5.11 Å². The van der Waals surface area contributed by atoms with Gasteiger partial charge in [-0.3, -0.25) is 0 Å². The summed E-state index contributed by atoms with van der Waals surface area (Å²) in [5.41, 5.74) is 3.12. The average Bonchev–Trinajstić information content (AvgIpc) is 2.41. The lowest BCUT2D eigenvalue weighted by Gasteiger charge is -2.09. The van der Waals surface area contributed by atoms with E-state index in [4.69, 9.17) is 4.74 Å². The van der Waals surface area contributed by atoms with Gasteiger partial charge in [0.1, 0.15) is 11.5 Å². The molecule has 18 heavy (non-hydrogen) atoms. The smallest absolute Gasteiger partial charge is 0.126 e. The van der Waals surface area contributed by atoms with Crippen LogP contribution >= 0.6 is 0 Å². The number of phenols is 1. The van der Waals surface area contributed by atoms with E-state index < -0.39 is 0 Å². The molecule has 0 aromatic heterocycles. The van der Waals surface area contributed by atoms with Crippen molar-refractivity contribution in [3.8, 4) is 22.6 Å². The van der Waals surface area contributed by atoms with Crippen LogP contribution in [0.15, 0.2) is 42.5 Å². The van der Waals surface area contributed by atoms with E-state index >= 15 is 0 Å². The minimum atomic E-state index is 0.265. The fourth-order valence-corrected chi connectivity index (χ4v) is 1.72. The van der Waals surface area contributed by atoms with Crippen LogP contribution in [0, 0.1) is 6.92 Å². The number of methoxy groups -OCH3 is 1. The second-order valence-corrected chi connectivity index (χ2v) is 3.75. The van der Waals surface area contributed by atoms with E-state index in [1.54, 1.807) is 19.2 Å². The van der Waals surface area contributed by atoms with Crippen LogP contribution in [0.25, 0.3) is 11.1 Å². The summed E-state index contributed by atoms with van der Waals surface area (Å²) in [5.74, 6) is 1.08. The first kappa shape index (κ1) is 14.1. The van der Waals surface area contributed by atoms with Crippen LogP contribution in [0.3, 0.4) is 0 Å². The van der Waals surface area contributed by atoms with Gasteiger partial charge < -0.3 is 9.84 Å². The van der Waals surface area contributed by atoms with Gasteiger partial charge in [-0.2, -0.15) is 0 Å². The minimum absolute atomic E-state index is 0.265. The predicted octanol–water partition coefficient (Wildman–Crippen LogP) is 4.40. The second-order valence-electron chi connectivity index (χ2n) is 3.75. The highest BCUT2D eigenvalue weighted by Gasteiger charge is 2.06. The van der Waals surface area contributed by atoms with Crippen molar-refractivity contribution in [2.75, 3.05) is 7.11 Å². The summed E-state index contributed by atoms with van der Waals surface area (Å²) < 4.78 is 5.31. The molecule has 0 radical (unpaired) electrons. The van der Waals surface area contributed by atoms with Crippen molar-refractivity contribution in [3.05, 3.63) is 48.0 Å². The predicted molar refractivity (Wildman–Crippen MR) is 76.2 cm³/mol. The van der Waals surface area contributed by atoms with Crippen LogP contribution in [-0.2, 0) is 0 Å². The summed E-state index contributed by atoms with van der Waals surface area (Å²) in [6.07, 6.45) is 0. The van der Waals surface area contributed by atoms with Gasteiger partial charge in [0.05, 0.1) is 7.11 Å². The minimum Gasteiger partial charge on any atom is -0.508 e. The molecule has 2 aromatic rings. The Morgan fingerprint density at radius 1 is 1.00 bits per heavy atom. The molecule has 0 aliphatic carbocycles. The van der Waals surface area contributed by atoms with Crippen molar-refractivity contribution >= 4 is 0 Å². The monoisotopic (exact) mass is 244 g/mol. The largest absolute Gasteiger partial charge is 0.508 e. The molecule has 0 aliphatic heterocycles. The van der Waals surface area contributed by atoms with Crippen molar-refractivity contribution in [1.29, 1.82) is 0 Å². The van der Waals surface area contributed by atoms with E-state index in [1.165, 1.54) is 5.56 Å². The maximum Gasteiger partial charge on any atom is 0.126 e. The molecule has 0 atom stereocenters. The van der Waals surface area contributed by atoms with E-state index in [0.717, 1.165) is 16.9 Å². The Morgan fingerprint density at radius 3 is 2.33 bits per heavy atom. The fraction of sp³-hybridized carbons (Fsp3) is 0.250. The third kappa shape index (κ3) is 3.27. The normalized spacial score (nSPS) is 9.33. The summed E-state index contributed by atoms with van der Waals surface area (Å²) >= 11 is 0. The molecular weight excluding hydrogens is 224 g/mol. The number of rotatable bonds is 2. The molecule has 0 amide bonds. The van der Waals surface area contributed by atoms with Gasteiger partial charge in [-0.05, 0) is 36.8 Å². The number of hydrogen-bond donors (Lipinski definition) is 1. The summed E-state index contributed by atoms with van der Waals surface area (Å²) in [6.45, 7) is 6.03. The van der Waals surface area contributed by atoms with E-state index in [2.05, 4.69) is 0 Å². The van der Waals surface area contributed by atoms with E-state index in [-0.39, 0.29) is 5.75 Å². The first-order chi connectivity index (χ1) is 8.70. The molecule has 96 valence electrons. The zero-order chi connectivity index (χ0) is 13.5. The highest BCUT2D eigenvalue weighted by Crippen LogP contribution is 2.32. The molecule has 0 bridgehead atoms. The number of phenolic OH excluding ortho intramolecular Hbond substituents is 1. The zero-order valence-electron chi connectivity index (χ0n) is 11.4. The lowest BCUT2D eigenvalue weighted by molar-refractivity contribution is 0.416. The van der Waals surface area contributed by atoms with Crippen molar-refractivity contribution in [2.45, 2.75) is 20.8 Å². The van der Waals surface area contributed by atoms with Gasteiger partial charge in [0.2, 0.25) is 0 Å². The Balaban J connectivity index is 0.000000771. The lowest BCUT2D eigenvalue weighted by Crippen LogP contribution is -1.88. The molecule has 2 heteroatoms. The van der Waals surface area contributed by atoms with Crippen molar-refractivity contribution < 1.29 is 9.84 Å². The van der Waals surface area contributed by atoms with Crippen molar-refractivity contribution in [2.24, 2.45) is 0 Å². The van der Waals surface area contributed by atoms with Gasteiger partial charge in [0, 0.05) is 5.56 Å². The van der Waals surface area contributed by atoms with Crippen LogP contribution < -0.4 is 4.74 Å². The number of benzene rings is 2. The van der Waals surface area contributed by atoms with Crippen LogP contribution in [-0.4, -0.2) is 12.2 Å². The Labute approximate surface area is 109 Å². The van der Waals surface area contributed by atoms with E-state index in [1.807, 2.05) is 51.1 Å². The van der Waals surface area contributed by atoms with E-state index in [0.29, 0.717) is 0 Å². The summed E-state index contributed by atoms with van der Waals surface area (Å²) in [6, 6.07) is 13.2. The summed E-state index contributed by atoms with van der Waals surface area (Å²) in [7, 11) is 1.65. The van der Waals surface area contributed by atoms with Crippen LogP contribution in [0.4, 0.5) is 0 Å². The molecule has 0 heterocycles. The topological polar surface area (TPSA) is 29.5 Å². The number of hydrogen-bond acceptors (Lipinski definition) is 2. The number of aromatic hydroxyl groups is 1. The Kier molecular flexibility index (Phi) is 5.25. The first-order valence-corrected chi connectivity index (χ1v) is 6.15. The maximum absolute atomic E-state index is 9.47. The molecule has 2 aromatic carbocycles. The van der Waals surface area contributed by atoms with Crippen LogP contribution in [0.1, 0.15) is 19.4 Å². The third-order valence-electron chi connectivity index (χ3n) is 2.51. The molecular formula is C16H20O2. The average molecular weight is 244 g/mol. The maximum atomic E-state index is 9.47. The number of aryl methyl sites for hydroxylation is 1. The molecule has 0 fully saturated rings. The lowest BCUT2D eigenvalue weighted by atomic mass is 10.0. The summed E-state index contributed by atoms with van der Waals surface area (Å²) in [4.78, 5) is 0. The Hall–Kier alpha value is -1.96. The van der Waals surface area contributed by atoms with Crippen LogP contribution in [0.5, 0.6) is 11.5 Å². The van der Waals surface area contributed by atoms with Gasteiger partial charge in [0.25, 0.3) is 0 Å². The zero-order valence-corrected chi connectivity index (χ0v) is 11.4. The Morgan fingerprint density at radius 2 is 1.72 bits per heavy atom.